The van der Waals surface area contributed by atoms with E-state index in [4.69, 9.17) is 16.3 Å². The van der Waals surface area contributed by atoms with Crippen LogP contribution in [-0.2, 0) is 0 Å². The van der Waals surface area contributed by atoms with Crippen molar-refractivity contribution in [3.63, 3.8) is 0 Å². The number of aromatic nitrogens is 2. The van der Waals surface area contributed by atoms with Crippen LogP contribution in [-0.4, -0.2) is 21.7 Å². The standard InChI is InChI=1S/C17H20ClI2N2O2/c18-12-8-13(20-19)17(15(16(12)23)14-9-21-10-22-14)24-7-6-11-4-2-1-3-5-11/h8-11,23H,1-7H2,(H,21,22)/q-1. The van der Waals surface area contributed by atoms with E-state index in [2.05, 4.69) is 28.6 Å². The maximum absolute atomic E-state index is 10.5. The molecule has 2 N–H and O–H groups in total. The second-order valence-electron chi connectivity index (χ2n) is 6.07. The van der Waals surface area contributed by atoms with Crippen LogP contribution in [0.5, 0.6) is 11.5 Å². The Labute approximate surface area is 167 Å². The van der Waals surface area contributed by atoms with Gasteiger partial charge in [0.05, 0.1) is 0 Å². The molecule has 1 heterocycles. The minimum absolute atomic E-state index is 0.0613. The quantitative estimate of drug-likeness (QED) is 0.522. The number of nitrogens with one attached hydrogen (secondary N) is 1. The summed E-state index contributed by atoms with van der Waals surface area (Å²) in [5.41, 5.74) is 1.37. The molecule has 2 aromatic rings. The summed E-state index contributed by atoms with van der Waals surface area (Å²) < 4.78 is 7.28. The van der Waals surface area contributed by atoms with Gasteiger partial charge in [-0.1, -0.05) is 0 Å². The fraction of sp³-hybridized carbons (Fsp3) is 0.471. The summed E-state index contributed by atoms with van der Waals surface area (Å²) in [6.45, 7) is 0.681. The molecule has 24 heavy (non-hydrogen) atoms. The van der Waals surface area contributed by atoms with E-state index in [1.54, 1.807) is 12.5 Å². The summed E-state index contributed by atoms with van der Waals surface area (Å²) in [6.07, 6.45) is 11.0. The number of phenols is 1. The van der Waals surface area contributed by atoms with Crippen molar-refractivity contribution in [1.82, 2.24) is 9.97 Å². The number of imidazole rings is 1. The van der Waals surface area contributed by atoms with Crippen LogP contribution in [0.15, 0.2) is 18.6 Å². The Morgan fingerprint density at radius 3 is 2.83 bits per heavy atom. The molecule has 0 unspecified atom stereocenters. The summed E-state index contributed by atoms with van der Waals surface area (Å²) in [4.78, 5) is 7.11. The molecule has 7 heteroatoms. The molecule has 3 rings (SSSR count). The van der Waals surface area contributed by atoms with Crippen molar-refractivity contribution in [3.05, 3.63) is 27.2 Å². The first-order chi connectivity index (χ1) is 11.7. The first-order valence-corrected chi connectivity index (χ1v) is 15.9. The molecule has 1 aliphatic rings. The third-order valence-corrected chi connectivity index (χ3v) is 8.98. The molecule has 0 radical (unpaired) electrons. The number of H-pyrrole nitrogens is 1. The van der Waals surface area contributed by atoms with Crippen LogP contribution < -0.4 is 22.0 Å². The molecule has 1 fully saturated rings. The van der Waals surface area contributed by atoms with Crippen LogP contribution in [0.1, 0.15) is 38.5 Å². The van der Waals surface area contributed by atoms with Gasteiger partial charge in [-0.15, -0.1) is 0 Å². The van der Waals surface area contributed by atoms with E-state index in [1.807, 2.05) is 6.07 Å². The van der Waals surface area contributed by atoms with Crippen molar-refractivity contribution in [2.45, 2.75) is 38.5 Å². The van der Waals surface area contributed by atoms with Crippen molar-refractivity contribution in [1.29, 1.82) is 0 Å². The van der Waals surface area contributed by atoms with Gasteiger partial charge in [-0.05, 0) is 0 Å². The van der Waals surface area contributed by atoms with E-state index >= 15 is 0 Å². The zero-order valence-electron chi connectivity index (χ0n) is 13.2. The minimum atomic E-state index is -0.254. The second-order valence-corrected chi connectivity index (χ2v) is 10.8. The van der Waals surface area contributed by atoms with Crippen molar-refractivity contribution < 1.29 is 27.1 Å². The molecule has 0 saturated heterocycles. The number of ether oxygens (including phenoxy) is 1. The van der Waals surface area contributed by atoms with Gasteiger partial charge in [0.1, 0.15) is 0 Å². The van der Waals surface area contributed by atoms with E-state index in [9.17, 15) is 5.11 Å². The number of hydrogen-bond donors (Lipinski definition) is 2. The normalized spacial score (nSPS) is 15.8. The molecule has 0 bridgehead atoms. The Bertz CT molecular complexity index is 674. The van der Waals surface area contributed by atoms with E-state index < -0.39 is 0 Å². The Morgan fingerprint density at radius 1 is 1.38 bits per heavy atom. The van der Waals surface area contributed by atoms with Crippen molar-refractivity contribution in [3.8, 4) is 22.8 Å². The Morgan fingerprint density at radius 2 is 2.17 bits per heavy atom. The van der Waals surface area contributed by atoms with Crippen LogP contribution in [0.2, 0.25) is 5.02 Å². The van der Waals surface area contributed by atoms with Crippen molar-refractivity contribution in [2.24, 2.45) is 5.92 Å². The summed E-state index contributed by atoms with van der Waals surface area (Å²) in [5, 5.41) is 10.8. The fourth-order valence-corrected chi connectivity index (χ4v) is 6.69. The number of phenolic OH excluding ortho intramolecular Hbond substituents is 1. The predicted molar refractivity (Wildman–Crippen MR) is 100 cm³/mol. The number of aromatic amines is 1. The summed E-state index contributed by atoms with van der Waals surface area (Å²) in [7, 11) is 0. The number of benzene rings is 1. The van der Waals surface area contributed by atoms with E-state index in [-0.39, 0.29) is 23.0 Å². The van der Waals surface area contributed by atoms with E-state index in [1.165, 1.54) is 32.1 Å². The molecule has 0 atom stereocenters. The zero-order valence-corrected chi connectivity index (χ0v) is 18.3. The molecular formula is C17H20ClI2N2O2-. The second kappa shape index (κ2) is 8.93. The summed E-state index contributed by atoms with van der Waals surface area (Å²) in [5.74, 6) is 1.60. The molecular weight excluding hydrogens is 553 g/mol. The number of aromatic hydroxyl groups is 1. The number of nitrogens with zero attached hydrogens (tertiary/aromatic N) is 1. The van der Waals surface area contributed by atoms with Crippen LogP contribution >= 0.6 is 30.2 Å². The number of halogens is 3. The SMILES string of the molecule is Oc1c(Cl)cc([I-]I)c(OCCC2CCCCC2)c1-c1cnc[nH]1. The third-order valence-electron chi connectivity index (χ3n) is 4.50. The van der Waals surface area contributed by atoms with Crippen LogP contribution in [0.4, 0.5) is 0 Å². The maximum atomic E-state index is 10.5. The van der Waals surface area contributed by atoms with Crippen LogP contribution in [0.3, 0.4) is 0 Å². The molecule has 1 aromatic heterocycles. The van der Waals surface area contributed by atoms with E-state index in [0.717, 1.165) is 27.4 Å². The molecule has 0 spiro atoms. The predicted octanol–water partition coefficient (Wildman–Crippen LogP) is 2.39. The van der Waals surface area contributed by atoms with Gasteiger partial charge >= 0.3 is 168 Å². The Hall–Kier alpha value is -0.220. The molecule has 0 amide bonds. The topological polar surface area (TPSA) is 58.1 Å². The van der Waals surface area contributed by atoms with Crippen LogP contribution in [0.25, 0.3) is 11.3 Å². The van der Waals surface area contributed by atoms with Gasteiger partial charge in [0.2, 0.25) is 0 Å². The van der Waals surface area contributed by atoms with Gasteiger partial charge in [0.25, 0.3) is 0 Å². The first kappa shape index (κ1) is 18.6. The molecule has 1 aromatic carbocycles. The fourth-order valence-electron chi connectivity index (χ4n) is 3.23. The number of rotatable bonds is 6. The molecule has 1 saturated carbocycles. The molecule has 4 nitrogen and oxygen atoms in total. The third kappa shape index (κ3) is 4.30. The Kier molecular flexibility index (Phi) is 6.91. The summed E-state index contributed by atoms with van der Waals surface area (Å²) >= 11 is 8.36. The van der Waals surface area contributed by atoms with Gasteiger partial charge in [-0.3, -0.25) is 0 Å². The molecule has 0 aliphatic heterocycles. The van der Waals surface area contributed by atoms with Crippen LogP contribution in [0, 0.1) is 9.49 Å². The van der Waals surface area contributed by atoms with Gasteiger partial charge < -0.3 is 0 Å². The first-order valence-electron chi connectivity index (χ1n) is 8.13. The van der Waals surface area contributed by atoms with Crippen molar-refractivity contribution >= 4 is 30.2 Å². The van der Waals surface area contributed by atoms with Gasteiger partial charge in [-0.2, -0.15) is 0 Å². The monoisotopic (exact) mass is 573 g/mol. The Balaban J connectivity index is 1.83. The molecule has 1 aliphatic carbocycles. The molecule has 132 valence electrons. The number of hydrogen-bond acceptors (Lipinski definition) is 3. The average molecular weight is 574 g/mol. The average Bonchev–Trinajstić information content (AvgIpc) is 3.13. The van der Waals surface area contributed by atoms with E-state index in [0.29, 0.717) is 17.2 Å². The van der Waals surface area contributed by atoms with Gasteiger partial charge in [-0.25, -0.2) is 0 Å². The van der Waals surface area contributed by atoms with Crippen molar-refractivity contribution in [2.75, 3.05) is 6.61 Å². The van der Waals surface area contributed by atoms with Gasteiger partial charge in [0.15, 0.2) is 0 Å². The van der Waals surface area contributed by atoms with Gasteiger partial charge in [0, 0.05) is 0 Å². The zero-order chi connectivity index (χ0) is 16.9. The summed E-state index contributed by atoms with van der Waals surface area (Å²) in [6, 6.07) is 1.84.